The number of nitrogens with two attached hydrogens (primary N) is 1. The van der Waals surface area contributed by atoms with Crippen molar-refractivity contribution in [3.8, 4) is 0 Å². The van der Waals surface area contributed by atoms with Gasteiger partial charge in [-0.1, -0.05) is 37.7 Å². The minimum Gasteiger partial charge on any atom is -0.389 e. The van der Waals surface area contributed by atoms with E-state index in [-0.39, 0.29) is 5.91 Å². The molecule has 2 rings (SSSR count). The van der Waals surface area contributed by atoms with Gasteiger partial charge in [-0.15, -0.1) is 0 Å². The lowest BCUT2D eigenvalue weighted by molar-refractivity contribution is 0.0949. The second kappa shape index (κ2) is 5.48. The minimum atomic E-state index is -0.0308. The Morgan fingerprint density at radius 3 is 2.89 bits per heavy atom. The van der Waals surface area contributed by atoms with Crippen LogP contribution in [0, 0.1) is 5.92 Å². The average molecular weight is 262 g/mol. The molecule has 1 aromatic carbocycles. The second-order valence-electron chi connectivity index (χ2n) is 4.81. The van der Waals surface area contributed by atoms with Crippen molar-refractivity contribution in [3.05, 3.63) is 35.4 Å². The molecule has 4 heteroatoms. The van der Waals surface area contributed by atoms with E-state index in [2.05, 4.69) is 12.2 Å². The van der Waals surface area contributed by atoms with Crippen LogP contribution in [0.3, 0.4) is 0 Å². The lowest BCUT2D eigenvalue weighted by atomic mass is 10.1. The van der Waals surface area contributed by atoms with Crippen molar-refractivity contribution in [3.63, 3.8) is 0 Å². The monoisotopic (exact) mass is 262 g/mol. The van der Waals surface area contributed by atoms with E-state index in [4.69, 9.17) is 18.0 Å². The first kappa shape index (κ1) is 13.0. The zero-order valence-electron chi connectivity index (χ0n) is 10.5. The normalized spacial score (nSPS) is 21.4. The Hall–Kier alpha value is -1.42. The first-order chi connectivity index (χ1) is 8.61. The number of carbonyl (C=O) groups is 1. The van der Waals surface area contributed by atoms with E-state index in [9.17, 15) is 4.79 Å². The molecular weight excluding hydrogens is 244 g/mol. The average Bonchev–Trinajstić information content (AvgIpc) is 3.08. The van der Waals surface area contributed by atoms with Gasteiger partial charge in [-0.25, -0.2) is 0 Å². The maximum Gasteiger partial charge on any atom is 0.251 e. The minimum absolute atomic E-state index is 0.0308. The number of amides is 1. The van der Waals surface area contributed by atoms with E-state index in [1.807, 2.05) is 6.07 Å². The predicted molar refractivity (Wildman–Crippen MR) is 76.6 cm³/mol. The van der Waals surface area contributed by atoms with E-state index in [1.54, 1.807) is 18.2 Å². The summed E-state index contributed by atoms with van der Waals surface area (Å²) in [6.45, 7) is 2.17. The summed E-state index contributed by atoms with van der Waals surface area (Å²) in [6, 6.07) is 7.50. The predicted octanol–water partition coefficient (Wildman–Crippen LogP) is 2.24. The van der Waals surface area contributed by atoms with Crippen molar-refractivity contribution in [2.75, 3.05) is 0 Å². The van der Waals surface area contributed by atoms with Crippen LogP contribution in [-0.2, 0) is 0 Å². The molecule has 0 spiro atoms. The SMILES string of the molecule is CCCC1CC1NC(=O)c1cccc(C(N)=S)c1. The van der Waals surface area contributed by atoms with Crippen molar-refractivity contribution in [1.29, 1.82) is 0 Å². The first-order valence-electron chi connectivity index (χ1n) is 6.32. The Morgan fingerprint density at radius 1 is 1.50 bits per heavy atom. The quantitative estimate of drug-likeness (QED) is 0.800. The molecule has 1 aromatic rings. The Bertz CT molecular complexity index is 473. The number of hydrogen-bond donors (Lipinski definition) is 2. The number of benzene rings is 1. The van der Waals surface area contributed by atoms with E-state index in [0.717, 1.165) is 12.0 Å². The largest absolute Gasteiger partial charge is 0.389 e. The van der Waals surface area contributed by atoms with Crippen molar-refractivity contribution in [1.82, 2.24) is 5.32 Å². The number of carbonyl (C=O) groups excluding carboxylic acids is 1. The summed E-state index contributed by atoms with van der Waals surface area (Å²) in [6.07, 6.45) is 3.47. The third-order valence-electron chi connectivity index (χ3n) is 3.31. The van der Waals surface area contributed by atoms with Crippen LogP contribution in [0.2, 0.25) is 0 Å². The van der Waals surface area contributed by atoms with Crippen LogP contribution in [0.15, 0.2) is 24.3 Å². The molecular formula is C14H18N2OS. The van der Waals surface area contributed by atoms with Crippen LogP contribution >= 0.6 is 12.2 Å². The summed E-state index contributed by atoms with van der Waals surface area (Å²) < 4.78 is 0. The maximum atomic E-state index is 12.0. The highest BCUT2D eigenvalue weighted by atomic mass is 32.1. The van der Waals surface area contributed by atoms with Crippen molar-refractivity contribution in [2.45, 2.75) is 32.2 Å². The summed E-state index contributed by atoms with van der Waals surface area (Å²) in [4.78, 5) is 12.3. The molecule has 18 heavy (non-hydrogen) atoms. The van der Waals surface area contributed by atoms with Crippen molar-refractivity contribution >= 4 is 23.1 Å². The van der Waals surface area contributed by atoms with Crippen LogP contribution in [0.25, 0.3) is 0 Å². The standard InChI is InChI=1S/C14H18N2OS/c1-2-4-9-8-12(9)16-14(17)11-6-3-5-10(7-11)13(15)18/h3,5-7,9,12H,2,4,8H2,1H3,(H2,15,18)(H,16,17). The summed E-state index contributed by atoms with van der Waals surface area (Å²) in [5.41, 5.74) is 6.92. The highest BCUT2D eigenvalue weighted by Crippen LogP contribution is 2.34. The maximum absolute atomic E-state index is 12.0. The fourth-order valence-corrected chi connectivity index (χ4v) is 2.31. The van der Waals surface area contributed by atoms with E-state index < -0.39 is 0 Å². The lowest BCUT2D eigenvalue weighted by Crippen LogP contribution is -2.27. The molecule has 0 radical (unpaired) electrons. The molecule has 2 atom stereocenters. The zero-order chi connectivity index (χ0) is 13.1. The van der Waals surface area contributed by atoms with Gasteiger partial charge >= 0.3 is 0 Å². The van der Waals surface area contributed by atoms with Crippen molar-refractivity contribution in [2.24, 2.45) is 11.7 Å². The van der Waals surface area contributed by atoms with E-state index in [1.165, 1.54) is 12.8 Å². The molecule has 0 aliphatic heterocycles. The Balaban J connectivity index is 1.97. The van der Waals surface area contributed by atoms with E-state index in [0.29, 0.717) is 22.5 Å². The highest BCUT2D eigenvalue weighted by molar-refractivity contribution is 7.80. The smallest absolute Gasteiger partial charge is 0.251 e. The number of rotatable bonds is 5. The number of nitrogens with one attached hydrogen (secondary N) is 1. The van der Waals surface area contributed by atoms with Crippen LogP contribution in [0.4, 0.5) is 0 Å². The Morgan fingerprint density at radius 2 is 2.22 bits per heavy atom. The molecule has 96 valence electrons. The van der Waals surface area contributed by atoms with Crippen LogP contribution < -0.4 is 11.1 Å². The zero-order valence-corrected chi connectivity index (χ0v) is 11.3. The molecule has 1 aliphatic carbocycles. The van der Waals surface area contributed by atoms with Gasteiger partial charge in [0.15, 0.2) is 0 Å². The fourth-order valence-electron chi connectivity index (χ4n) is 2.18. The molecule has 0 heterocycles. The number of hydrogen-bond acceptors (Lipinski definition) is 2. The summed E-state index contributed by atoms with van der Waals surface area (Å²) in [5.74, 6) is 0.634. The van der Waals surface area contributed by atoms with Gasteiger partial charge in [0.25, 0.3) is 5.91 Å². The summed E-state index contributed by atoms with van der Waals surface area (Å²) >= 11 is 4.91. The third-order valence-corrected chi connectivity index (χ3v) is 3.54. The molecule has 2 unspecified atom stereocenters. The van der Waals surface area contributed by atoms with Gasteiger partial charge in [-0.05, 0) is 30.9 Å². The van der Waals surface area contributed by atoms with Crippen LogP contribution in [-0.4, -0.2) is 16.9 Å². The molecule has 1 fully saturated rings. The molecule has 0 bridgehead atoms. The van der Waals surface area contributed by atoms with Gasteiger partial charge in [-0.3, -0.25) is 4.79 Å². The second-order valence-corrected chi connectivity index (χ2v) is 5.25. The van der Waals surface area contributed by atoms with Gasteiger partial charge in [0.1, 0.15) is 4.99 Å². The van der Waals surface area contributed by atoms with Gasteiger partial charge in [0, 0.05) is 17.2 Å². The van der Waals surface area contributed by atoms with E-state index >= 15 is 0 Å². The summed E-state index contributed by atoms with van der Waals surface area (Å²) in [5, 5.41) is 3.05. The third kappa shape index (κ3) is 3.07. The Labute approximate surface area is 113 Å². The topological polar surface area (TPSA) is 55.1 Å². The summed E-state index contributed by atoms with van der Waals surface area (Å²) in [7, 11) is 0. The molecule has 0 aromatic heterocycles. The molecule has 3 N–H and O–H groups in total. The van der Waals surface area contributed by atoms with Gasteiger partial charge in [-0.2, -0.15) is 0 Å². The molecule has 1 amide bonds. The Kier molecular flexibility index (Phi) is 3.97. The molecule has 3 nitrogen and oxygen atoms in total. The number of thiocarbonyl (C=S) groups is 1. The van der Waals surface area contributed by atoms with Crippen molar-refractivity contribution < 1.29 is 4.79 Å². The van der Waals surface area contributed by atoms with Crippen LogP contribution in [0.5, 0.6) is 0 Å². The van der Waals surface area contributed by atoms with Gasteiger partial charge in [0.2, 0.25) is 0 Å². The lowest BCUT2D eigenvalue weighted by Gasteiger charge is -2.06. The van der Waals surface area contributed by atoms with Gasteiger partial charge in [0.05, 0.1) is 0 Å². The first-order valence-corrected chi connectivity index (χ1v) is 6.73. The molecule has 1 aliphatic rings. The fraction of sp³-hybridized carbons (Fsp3) is 0.429. The molecule has 1 saturated carbocycles. The molecule has 0 saturated heterocycles. The van der Waals surface area contributed by atoms with Crippen LogP contribution in [0.1, 0.15) is 42.1 Å². The van der Waals surface area contributed by atoms with Gasteiger partial charge < -0.3 is 11.1 Å². The highest BCUT2D eigenvalue weighted by Gasteiger charge is 2.37.